The quantitative estimate of drug-likeness (QED) is 0.390. The number of nitrogens with zero attached hydrogens (tertiary/aromatic N) is 4. The number of hydrogen-bond donors (Lipinski definition) is 2. The number of carboxylic acid groups (broad SMARTS) is 1. The van der Waals surface area contributed by atoms with Crippen LogP contribution in [0.3, 0.4) is 0 Å². The smallest absolute Gasteiger partial charge is 0.412 e. The van der Waals surface area contributed by atoms with Crippen molar-refractivity contribution in [3.05, 3.63) is 53.9 Å². The summed E-state index contributed by atoms with van der Waals surface area (Å²) in [6.07, 6.45) is 2.63. The Labute approximate surface area is 130 Å². The largest absolute Gasteiger partial charge is 0.465 e. The molecule has 2 aromatic heterocycles. The number of amides is 1. The van der Waals surface area contributed by atoms with Crippen molar-refractivity contribution in [2.45, 2.75) is 0 Å². The van der Waals surface area contributed by atoms with Crippen LogP contribution in [0.5, 0.6) is 0 Å². The van der Waals surface area contributed by atoms with Crippen LogP contribution in [0.25, 0.3) is 0 Å². The van der Waals surface area contributed by atoms with E-state index in [0.29, 0.717) is 5.69 Å². The maximum Gasteiger partial charge on any atom is 0.412 e. The van der Waals surface area contributed by atoms with Gasteiger partial charge in [-0.15, -0.1) is 0 Å². The molecule has 0 bridgehead atoms. The van der Waals surface area contributed by atoms with Crippen LogP contribution in [0.2, 0.25) is 0 Å². The van der Waals surface area contributed by atoms with Crippen LogP contribution in [-0.2, 0) is 0 Å². The van der Waals surface area contributed by atoms with E-state index in [4.69, 9.17) is 5.21 Å². The first kappa shape index (κ1) is 15.9. The molecule has 7 nitrogen and oxygen atoms in total. The molecule has 2 rings (SSSR count). The minimum atomic E-state index is -1.16. The molecule has 0 aliphatic rings. The summed E-state index contributed by atoms with van der Waals surface area (Å²) in [5, 5.41) is 20.3. The van der Waals surface area contributed by atoms with E-state index < -0.39 is 11.9 Å². The standard InChI is InChI=1S/C15H11FN4O3/c16-13-4-3-11(19-14(13)10-18-23)2-1-9-20(15(21)22)12-5-7-17-8-6-12/h3-8,10,23H,9H2,(H,21,22). The van der Waals surface area contributed by atoms with Crippen molar-refractivity contribution in [2.75, 3.05) is 11.4 Å². The SMILES string of the molecule is O=C(O)N(CC#Cc1ccc(F)c(C=NO)n1)c1ccncc1. The average molecular weight is 314 g/mol. The summed E-state index contributed by atoms with van der Waals surface area (Å²) < 4.78 is 13.3. The van der Waals surface area contributed by atoms with Gasteiger partial charge in [0.1, 0.15) is 11.4 Å². The number of rotatable bonds is 3. The van der Waals surface area contributed by atoms with Gasteiger partial charge in [-0.2, -0.15) is 0 Å². The highest BCUT2D eigenvalue weighted by molar-refractivity contribution is 5.86. The van der Waals surface area contributed by atoms with E-state index in [1.807, 2.05) is 0 Å². The molecular formula is C15H11FN4O3. The molecule has 23 heavy (non-hydrogen) atoms. The Balaban J connectivity index is 2.18. The summed E-state index contributed by atoms with van der Waals surface area (Å²) >= 11 is 0. The molecule has 0 unspecified atom stereocenters. The molecule has 0 atom stereocenters. The summed E-state index contributed by atoms with van der Waals surface area (Å²) in [6, 6.07) is 5.56. The lowest BCUT2D eigenvalue weighted by Gasteiger charge is -2.15. The van der Waals surface area contributed by atoms with Gasteiger partial charge in [0.15, 0.2) is 5.82 Å². The van der Waals surface area contributed by atoms with Crippen molar-refractivity contribution < 1.29 is 19.5 Å². The fraction of sp³-hybridized carbons (Fsp3) is 0.0667. The highest BCUT2D eigenvalue weighted by atomic mass is 19.1. The number of anilines is 1. The predicted molar refractivity (Wildman–Crippen MR) is 80.1 cm³/mol. The normalized spacial score (nSPS) is 10.1. The van der Waals surface area contributed by atoms with E-state index in [-0.39, 0.29) is 17.9 Å². The van der Waals surface area contributed by atoms with Crippen molar-refractivity contribution in [2.24, 2.45) is 5.16 Å². The first-order chi connectivity index (χ1) is 11.1. The van der Waals surface area contributed by atoms with Gasteiger partial charge < -0.3 is 10.3 Å². The summed E-state index contributed by atoms with van der Waals surface area (Å²) in [7, 11) is 0. The number of carbonyl (C=O) groups is 1. The first-order valence-corrected chi connectivity index (χ1v) is 6.35. The molecule has 2 aromatic rings. The summed E-state index contributed by atoms with van der Waals surface area (Å²) in [5.41, 5.74) is 0.492. The summed E-state index contributed by atoms with van der Waals surface area (Å²) in [5.74, 6) is 4.63. The van der Waals surface area contributed by atoms with Crippen molar-refractivity contribution in [1.29, 1.82) is 0 Å². The number of oxime groups is 1. The van der Waals surface area contributed by atoms with Gasteiger partial charge in [0.2, 0.25) is 0 Å². The van der Waals surface area contributed by atoms with E-state index in [0.717, 1.165) is 17.2 Å². The highest BCUT2D eigenvalue weighted by Gasteiger charge is 2.12. The van der Waals surface area contributed by atoms with Crippen LogP contribution in [-0.4, -0.2) is 39.1 Å². The summed E-state index contributed by atoms with van der Waals surface area (Å²) in [6.45, 7) is -0.0954. The molecule has 0 aromatic carbocycles. The number of hydrogen-bond acceptors (Lipinski definition) is 5. The van der Waals surface area contributed by atoms with Crippen LogP contribution in [0, 0.1) is 17.7 Å². The molecule has 2 N–H and O–H groups in total. The summed E-state index contributed by atoms with van der Waals surface area (Å²) in [4.78, 5) is 19.9. The van der Waals surface area contributed by atoms with Crippen LogP contribution in [0.15, 0.2) is 41.8 Å². The Morgan fingerprint density at radius 3 is 2.74 bits per heavy atom. The molecular weight excluding hydrogens is 303 g/mol. The Hall–Kier alpha value is -3.47. The Morgan fingerprint density at radius 2 is 2.09 bits per heavy atom. The third-order valence-electron chi connectivity index (χ3n) is 2.71. The average Bonchev–Trinajstić information content (AvgIpc) is 2.55. The van der Waals surface area contributed by atoms with Crippen LogP contribution >= 0.6 is 0 Å². The Morgan fingerprint density at radius 1 is 1.35 bits per heavy atom. The fourth-order valence-corrected chi connectivity index (χ4v) is 1.68. The van der Waals surface area contributed by atoms with Gasteiger partial charge in [-0.3, -0.25) is 9.88 Å². The molecule has 0 saturated carbocycles. The van der Waals surface area contributed by atoms with Crippen molar-refractivity contribution in [3.8, 4) is 11.8 Å². The molecule has 0 aliphatic heterocycles. The lowest BCUT2D eigenvalue weighted by atomic mass is 10.3. The van der Waals surface area contributed by atoms with E-state index >= 15 is 0 Å². The molecule has 0 spiro atoms. The third kappa shape index (κ3) is 4.25. The second-order valence-corrected chi connectivity index (χ2v) is 4.18. The number of halogens is 1. The van der Waals surface area contributed by atoms with E-state index in [1.54, 1.807) is 12.1 Å². The maximum absolute atomic E-state index is 13.3. The van der Waals surface area contributed by atoms with Gasteiger partial charge in [-0.25, -0.2) is 14.2 Å². The lowest BCUT2D eigenvalue weighted by Crippen LogP contribution is -2.29. The zero-order valence-corrected chi connectivity index (χ0v) is 11.7. The Kier molecular flexibility index (Phi) is 5.20. The van der Waals surface area contributed by atoms with Crippen LogP contribution in [0.1, 0.15) is 11.4 Å². The molecule has 116 valence electrons. The molecule has 0 aliphatic carbocycles. The molecule has 0 radical (unpaired) electrons. The lowest BCUT2D eigenvalue weighted by molar-refractivity contribution is 0.202. The minimum absolute atomic E-state index is 0.0954. The topological polar surface area (TPSA) is 98.9 Å². The first-order valence-electron chi connectivity index (χ1n) is 6.35. The zero-order chi connectivity index (χ0) is 16.7. The van der Waals surface area contributed by atoms with Gasteiger partial charge in [0.25, 0.3) is 0 Å². The zero-order valence-electron chi connectivity index (χ0n) is 11.7. The van der Waals surface area contributed by atoms with Gasteiger partial charge in [-0.05, 0) is 30.2 Å². The van der Waals surface area contributed by atoms with Crippen molar-refractivity contribution >= 4 is 18.0 Å². The van der Waals surface area contributed by atoms with Crippen molar-refractivity contribution in [1.82, 2.24) is 9.97 Å². The third-order valence-corrected chi connectivity index (χ3v) is 2.71. The van der Waals surface area contributed by atoms with Gasteiger partial charge in [-0.1, -0.05) is 11.1 Å². The van der Waals surface area contributed by atoms with Gasteiger partial charge in [0.05, 0.1) is 18.4 Å². The monoisotopic (exact) mass is 314 g/mol. The van der Waals surface area contributed by atoms with Crippen molar-refractivity contribution in [3.63, 3.8) is 0 Å². The molecule has 2 heterocycles. The van der Waals surface area contributed by atoms with E-state index in [2.05, 4.69) is 27.0 Å². The second kappa shape index (κ2) is 7.51. The van der Waals surface area contributed by atoms with E-state index in [1.165, 1.54) is 18.5 Å². The molecule has 0 saturated heterocycles. The molecule has 0 fully saturated rings. The van der Waals surface area contributed by atoms with Crippen LogP contribution in [0.4, 0.5) is 14.9 Å². The highest BCUT2D eigenvalue weighted by Crippen LogP contribution is 2.11. The van der Waals surface area contributed by atoms with Gasteiger partial charge in [0, 0.05) is 12.4 Å². The number of aromatic nitrogens is 2. The van der Waals surface area contributed by atoms with E-state index in [9.17, 15) is 14.3 Å². The van der Waals surface area contributed by atoms with Crippen LogP contribution < -0.4 is 4.90 Å². The molecule has 1 amide bonds. The fourth-order valence-electron chi connectivity index (χ4n) is 1.68. The minimum Gasteiger partial charge on any atom is -0.465 e. The maximum atomic E-state index is 13.3. The second-order valence-electron chi connectivity index (χ2n) is 4.18. The predicted octanol–water partition coefficient (Wildman–Crippen LogP) is 1.96. The van der Waals surface area contributed by atoms with Gasteiger partial charge >= 0.3 is 6.09 Å². The number of pyridine rings is 2. The molecule has 8 heteroatoms. The Bertz CT molecular complexity index is 784.